The van der Waals surface area contributed by atoms with E-state index in [4.69, 9.17) is 12.2 Å². The lowest BCUT2D eigenvalue weighted by atomic mass is 9.80. The summed E-state index contributed by atoms with van der Waals surface area (Å²) in [4.78, 5) is 11.2. The zero-order chi connectivity index (χ0) is 14.6. The number of amides is 1. The van der Waals surface area contributed by atoms with Gasteiger partial charge in [-0.3, -0.25) is 4.79 Å². The van der Waals surface area contributed by atoms with Crippen molar-refractivity contribution in [2.24, 2.45) is 11.8 Å². The fourth-order valence-electron chi connectivity index (χ4n) is 2.34. The molecule has 2 N–H and O–H groups in total. The van der Waals surface area contributed by atoms with Crippen LogP contribution in [-0.4, -0.2) is 49.5 Å². The van der Waals surface area contributed by atoms with E-state index in [0.717, 1.165) is 0 Å². The summed E-state index contributed by atoms with van der Waals surface area (Å²) in [5.74, 6) is 0.0508. The number of rotatable bonds is 4. The number of hydrogen-bond donors (Lipinski definition) is 2. The highest BCUT2D eigenvalue weighted by Crippen LogP contribution is 2.30. The minimum absolute atomic E-state index is 0.0957. The normalized spacial score (nSPS) is 41.3. The Bertz CT molecular complexity index is 301. The van der Waals surface area contributed by atoms with Crippen molar-refractivity contribution in [2.75, 3.05) is 20.3 Å². The van der Waals surface area contributed by atoms with Crippen LogP contribution in [0.4, 0.5) is 0 Å². The Kier molecular flexibility index (Phi) is 4.26. The Morgan fingerprint density at radius 2 is 2.29 bits per heavy atom. The molecule has 0 radical (unpaired) electrons. The molecule has 0 aliphatic carbocycles. The number of nitrogens with one attached hydrogen (secondary N) is 1. The highest BCUT2D eigenvalue weighted by molar-refractivity contribution is 5.73. The number of hydrogen-bond acceptors (Lipinski definition) is 4. The first-order chi connectivity index (χ1) is 8.86. The van der Waals surface area contributed by atoms with Gasteiger partial charge in [-0.25, -0.2) is 0 Å². The Balaban J connectivity index is 2.70. The van der Waals surface area contributed by atoms with Gasteiger partial charge in [0.25, 0.3) is 0 Å². The van der Waals surface area contributed by atoms with Gasteiger partial charge in [0, 0.05) is 14.0 Å². The van der Waals surface area contributed by atoms with Gasteiger partial charge in [-0.1, -0.05) is 13.8 Å². The standard InChI is InChI=1S/C12H23NO4/c1-7-8(2)12(13-9(3)15)10(5-14)17-11(7)6-16-4/h7-8,10-12,14H,5-6H2,1-4H3,(H,13,15)/t7-,8-,10-,11+,12+/m0/s1/i4TD/t4?,7-,8-,10-,11+,12+. The largest absolute Gasteiger partial charge is 0.394 e. The summed E-state index contributed by atoms with van der Waals surface area (Å²) in [6, 6.07) is -0.239. The molecule has 17 heavy (non-hydrogen) atoms. The van der Waals surface area contributed by atoms with Gasteiger partial charge in [0.15, 0.2) is 0 Å². The topological polar surface area (TPSA) is 67.8 Å². The average Bonchev–Trinajstić information content (AvgIpc) is 2.33. The van der Waals surface area contributed by atoms with Crippen LogP contribution in [0.25, 0.3) is 0 Å². The summed E-state index contributed by atoms with van der Waals surface area (Å²) in [6.07, 6.45) is -0.769. The lowest BCUT2D eigenvalue weighted by Crippen LogP contribution is -2.58. The molecule has 0 saturated carbocycles. The zero-order valence-electron chi connectivity index (χ0n) is 12.6. The fraction of sp³-hybridized carbons (Fsp3) is 0.917. The van der Waals surface area contributed by atoms with Crippen molar-refractivity contribution < 1.29 is 22.1 Å². The van der Waals surface area contributed by atoms with Crippen molar-refractivity contribution in [3.63, 3.8) is 0 Å². The zero-order valence-corrected chi connectivity index (χ0v) is 10.6. The van der Waals surface area contributed by atoms with E-state index in [1.165, 1.54) is 6.92 Å². The number of aliphatic hydroxyl groups excluding tert-OH is 1. The Morgan fingerprint density at radius 3 is 2.82 bits per heavy atom. The van der Waals surface area contributed by atoms with E-state index in [1.54, 1.807) is 0 Å². The van der Waals surface area contributed by atoms with Gasteiger partial charge in [0.05, 0.1) is 28.1 Å². The predicted molar refractivity (Wildman–Crippen MR) is 63.6 cm³/mol. The second-order valence-corrected chi connectivity index (χ2v) is 4.67. The van der Waals surface area contributed by atoms with Gasteiger partial charge in [0.1, 0.15) is 6.10 Å². The summed E-state index contributed by atoms with van der Waals surface area (Å²) < 4.78 is 24.7. The molecule has 1 rings (SSSR count). The molecule has 1 aliphatic heterocycles. The van der Waals surface area contributed by atoms with Crippen molar-refractivity contribution in [3.05, 3.63) is 0 Å². The number of ether oxygens (including phenoxy) is 2. The van der Waals surface area contributed by atoms with Crippen molar-refractivity contribution >= 4 is 5.91 Å². The average molecular weight is 248 g/mol. The first-order valence-corrected chi connectivity index (χ1v) is 5.86. The second kappa shape index (κ2) is 6.33. The number of methoxy groups -OCH3 is 1. The minimum atomic E-state index is -1.34. The number of aliphatic hydroxyl groups is 1. The van der Waals surface area contributed by atoms with E-state index in [9.17, 15) is 9.90 Å². The van der Waals surface area contributed by atoms with Crippen molar-refractivity contribution in [1.29, 1.82) is 0 Å². The van der Waals surface area contributed by atoms with Crippen LogP contribution in [0.5, 0.6) is 0 Å². The van der Waals surface area contributed by atoms with Gasteiger partial charge in [-0.15, -0.1) is 0 Å². The highest BCUT2D eigenvalue weighted by Gasteiger charge is 2.41. The van der Waals surface area contributed by atoms with E-state index in [0.29, 0.717) is 0 Å². The monoisotopic (exact) mass is 248 g/mol. The Hall–Kier alpha value is -0.650. The van der Waals surface area contributed by atoms with Crippen LogP contribution in [0.3, 0.4) is 0 Å². The Labute approximate surface area is 105 Å². The molecule has 1 amide bonds. The SMILES string of the molecule is [2H]C([3H])OC[C@H]1O[C@@H](CO)[C@H](NC(C)=O)[C@@H](C)[C@@H]1C. The van der Waals surface area contributed by atoms with Gasteiger partial charge in [-0.05, 0) is 11.8 Å². The van der Waals surface area contributed by atoms with E-state index >= 15 is 0 Å². The minimum Gasteiger partial charge on any atom is -0.394 e. The van der Waals surface area contributed by atoms with E-state index in [1.807, 2.05) is 13.8 Å². The van der Waals surface area contributed by atoms with Crippen LogP contribution >= 0.6 is 0 Å². The molecule has 1 fully saturated rings. The molecule has 6 atom stereocenters. The predicted octanol–water partition coefficient (Wildman–Crippen LogP) is 0.169. The molecule has 0 aromatic heterocycles. The van der Waals surface area contributed by atoms with Crippen LogP contribution < -0.4 is 5.32 Å². The van der Waals surface area contributed by atoms with Crippen LogP contribution in [0.2, 0.25) is 0 Å². The summed E-state index contributed by atoms with van der Waals surface area (Å²) in [7, 11) is -1.34. The smallest absolute Gasteiger partial charge is 0.217 e. The molecule has 0 bridgehead atoms. The van der Waals surface area contributed by atoms with Crippen LogP contribution in [0.1, 0.15) is 23.5 Å². The van der Waals surface area contributed by atoms with Crippen molar-refractivity contribution in [2.45, 2.75) is 39.0 Å². The lowest BCUT2D eigenvalue weighted by Gasteiger charge is -2.44. The molecular weight excluding hydrogens is 222 g/mol. The maximum absolute atomic E-state index is 11.2. The summed E-state index contributed by atoms with van der Waals surface area (Å²) >= 11 is 0. The molecular formula is C12H23NO4. The number of carbonyl (C=O) groups excluding carboxylic acids is 1. The molecule has 1 unspecified atom stereocenters. The molecule has 5 nitrogen and oxygen atoms in total. The lowest BCUT2D eigenvalue weighted by molar-refractivity contribution is -0.157. The van der Waals surface area contributed by atoms with Crippen molar-refractivity contribution in [3.8, 4) is 0 Å². The number of carbonyl (C=O) groups is 1. The Morgan fingerprint density at radius 1 is 1.59 bits per heavy atom. The summed E-state index contributed by atoms with van der Waals surface area (Å²) in [5.41, 5.74) is 0. The third-order valence-electron chi connectivity index (χ3n) is 3.54. The van der Waals surface area contributed by atoms with Crippen LogP contribution in [0.15, 0.2) is 0 Å². The molecule has 1 heterocycles. The molecule has 1 saturated heterocycles. The summed E-state index contributed by atoms with van der Waals surface area (Å²) in [6.45, 7) is 5.36. The van der Waals surface area contributed by atoms with Crippen LogP contribution in [0, 0.1) is 11.8 Å². The maximum Gasteiger partial charge on any atom is 0.217 e. The third kappa shape index (κ3) is 3.40. The van der Waals surface area contributed by atoms with E-state index in [2.05, 4.69) is 5.32 Å². The van der Waals surface area contributed by atoms with Gasteiger partial charge < -0.3 is 19.9 Å². The molecule has 5 heteroatoms. The molecule has 0 spiro atoms. The second-order valence-electron chi connectivity index (χ2n) is 4.67. The van der Waals surface area contributed by atoms with E-state index in [-0.39, 0.29) is 43.1 Å². The molecule has 100 valence electrons. The van der Waals surface area contributed by atoms with Gasteiger partial charge in [-0.2, -0.15) is 0 Å². The van der Waals surface area contributed by atoms with Crippen molar-refractivity contribution in [1.82, 2.24) is 5.32 Å². The third-order valence-corrected chi connectivity index (χ3v) is 3.54. The van der Waals surface area contributed by atoms with Crippen LogP contribution in [-0.2, 0) is 14.3 Å². The molecule has 1 aliphatic rings. The van der Waals surface area contributed by atoms with Gasteiger partial charge >= 0.3 is 0 Å². The summed E-state index contributed by atoms with van der Waals surface area (Å²) in [5, 5.41) is 12.2. The van der Waals surface area contributed by atoms with E-state index < -0.39 is 13.2 Å². The first kappa shape index (κ1) is 11.4. The highest BCUT2D eigenvalue weighted by atomic mass is 16.5. The van der Waals surface area contributed by atoms with Gasteiger partial charge in [0.2, 0.25) is 5.91 Å². The molecule has 0 aromatic rings. The fourth-order valence-corrected chi connectivity index (χ4v) is 2.34. The molecule has 0 aromatic carbocycles. The quantitative estimate of drug-likeness (QED) is 0.744. The maximum atomic E-state index is 11.2. The first-order valence-electron chi connectivity index (χ1n) is 7.01.